The van der Waals surface area contributed by atoms with Crippen LogP contribution in [0.1, 0.15) is 53.6 Å². The second kappa shape index (κ2) is 8.56. The van der Waals surface area contributed by atoms with Crippen LogP contribution < -0.4 is 10.2 Å². The Labute approximate surface area is 127 Å². The lowest BCUT2D eigenvalue weighted by Gasteiger charge is -2.10. The van der Waals surface area contributed by atoms with E-state index >= 15 is 0 Å². The summed E-state index contributed by atoms with van der Waals surface area (Å²) in [5.41, 5.74) is 0. The average molecular weight is 310 g/mol. The Bertz CT molecular complexity index is 506. The highest BCUT2D eigenvalue weighted by Gasteiger charge is 2.10. The van der Waals surface area contributed by atoms with Crippen LogP contribution in [0, 0.1) is 5.92 Å². The number of carbonyl (C=O) groups is 3. The highest BCUT2D eigenvalue weighted by molar-refractivity contribution is 7.14. The summed E-state index contributed by atoms with van der Waals surface area (Å²) < 4.78 is 0. The minimum absolute atomic E-state index is 0.0410. The van der Waals surface area contributed by atoms with Gasteiger partial charge in [0.2, 0.25) is 0 Å². The molecular weight excluding hydrogens is 292 g/mol. The molecule has 0 saturated carbocycles. The van der Waals surface area contributed by atoms with Crippen molar-refractivity contribution in [2.75, 3.05) is 0 Å². The van der Waals surface area contributed by atoms with Gasteiger partial charge in [-0.2, -0.15) is 0 Å². The zero-order valence-corrected chi connectivity index (χ0v) is 12.7. The Balaban J connectivity index is 2.40. The number of thiophene rings is 1. The third-order valence-corrected chi connectivity index (χ3v) is 4.31. The minimum Gasteiger partial charge on any atom is -0.550 e. The lowest BCUT2D eigenvalue weighted by atomic mass is 10.0. The Kier molecular flexibility index (Phi) is 7.08. The molecule has 1 aromatic rings. The Hall–Kier alpha value is -1.69. The maximum Gasteiger partial charge on any atom is 0.172 e. The molecule has 0 N–H and O–H groups in total. The molecule has 0 bridgehead atoms. The van der Waals surface area contributed by atoms with Crippen molar-refractivity contribution in [3.63, 3.8) is 0 Å². The Morgan fingerprint density at radius 1 is 1.14 bits per heavy atom. The maximum absolute atomic E-state index is 11.8. The van der Waals surface area contributed by atoms with E-state index < -0.39 is 11.9 Å². The molecule has 0 aromatic carbocycles. The molecule has 1 rings (SSSR count). The van der Waals surface area contributed by atoms with Gasteiger partial charge in [0.15, 0.2) is 5.78 Å². The van der Waals surface area contributed by atoms with Crippen LogP contribution in [0.2, 0.25) is 0 Å². The minimum atomic E-state index is -1.14. The normalized spacial score (nSPS) is 12.0. The number of hydrogen-bond acceptors (Lipinski definition) is 6. The number of hydrogen-bond donors (Lipinski definition) is 0. The van der Waals surface area contributed by atoms with E-state index in [1.807, 2.05) is 13.0 Å². The summed E-state index contributed by atoms with van der Waals surface area (Å²) in [4.78, 5) is 34.2. The van der Waals surface area contributed by atoms with Crippen LogP contribution in [0.15, 0.2) is 12.1 Å². The second-order valence-corrected chi connectivity index (χ2v) is 6.30. The van der Waals surface area contributed by atoms with E-state index in [0.29, 0.717) is 4.88 Å². The van der Waals surface area contributed by atoms with Gasteiger partial charge >= 0.3 is 0 Å². The quantitative estimate of drug-likeness (QED) is 0.588. The van der Waals surface area contributed by atoms with Crippen molar-refractivity contribution in [2.24, 2.45) is 5.92 Å². The van der Waals surface area contributed by atoms with Gasteiger partial charge in [0.25, 0.3) is 0 Å². The first-order chi connectivity index (χ1) is 9.88. The highest BCUT2D eigenvalue weighted by atomic mass is 32.1. The lowest BCUT2D eigenvalue weighted by molar-refractivity contribution is -0.307. The van der Waals surface area contributed by atoms with Crippen LogP contribution in [0.3, 0.4) is 0 Å². The first kappa shape index (κ1) is 17.4. The largest absolute Gasteiger partial charge is 0.550 e. The van der Waals surface area contributed by atoms with Gasteiger partial charge in [-0.1, -0.05) is 6.92 Å². The topological polar surface area (TPSA) is 97.3 Å². The molecule has 6 heteroatoms. The fourth-order valence-corrected chi connectivity index (χ4v) is 2.94. The number of carboxylic acids is 2. The van der Waals surface area contributed by atoms with Gasteiger partial charge in [0, 0.05) is 23.2 Å². The third kappa shape index (κ3) is 7.04. The fraction of sp³-hybridized carbons (Fsp3) is 0.533. The molecule has 116 valence electrons. The predicted molar refractivity (Wildman–Crippen MR) is 74.6 cm³/mol. The predicted octanol–water partition coefficient (Wildman–Crippen LogP) is 0.560. The molecule has 0 unspecified atom stereocenters. The maximum atomic E-state index is 11.8. The van der Waals surface area contributed by atoms with E-state index in [2.05, 4.69) is 0 Å². The van der Waals surface area contributed by atoms with Crippen LogP contribution in [-0.2, 0) is 16.0 Å². The van der Waals surface area contributed by atoms with Gasteiger partial charge < -0.3 is 19.8 Å². The van der Waals surface area contributed by atoms with Crippen molar-refractivity contribution in [1.29, 1.82) is 0 Å². The van der Waals surface area contributed by atoms with Crippen LogP contribution in [0.4, 0.5) is 0 Å². The second-order valence-electron chi connectivity index (χ2n) is 5.13. The summed E-state index contributed by atoms with van der Waals surface area (Å²) in [6.07, 6.45) is 1.88. The first-order valence-corrected chi connectivity index (χ1v) is 7.71. The summed E-state index contributed by atoms with van der Waals surface area (Å²) in [5.74, 6) is -2.20. The van der Waals surface area contributed by atoms with Crippen molar-refractivity contribution in [1.82, 2.24) is 0 Å². The van der Waals surface area contributed by atoms with Gasteiger partial charge in [0.1, 0.15) is 0 Å². The molecule has 21 heavy (non-hydrogen) atoms. The molecule has 1 aromatic heterocycles. The zero-order valence-electron chi connectivity index (χ0n) is 11.9. The summed E-state index contributed by atoms with van der Waals surface area (Å²) in [5, 5.41) is 20.7. The molecule has 0 aliphatic rings. The van der Waals surface area contributed by atoms with E-state index in [1.165, 1.54) is 11.3 Å². The summed E-state index contributed by atoms with van der Waals surface area (Å²) in [7, 11) is 0. The number of ketones is 1. The van der Waals surface area contributed by atoms with Gasteiger partial charge in [-0.25, -0.2) is 0 Å². The van der Waals surface area contributed by atoms with Crippen molar-refractivity contribution in [3.05, 3.63) is 21.9 Å². The highest BCUT2D eigenvalue weighted by Crippen LogP contribution is 2.22. The molecular formula is C15H18O5S-2. The van der Waals surface area contributed by atoms with Gasteiger partial charge in [0.05, 0.1) is 4.88 Å². The molecule has 0 aliphatic heterocycles. The fourth-order valence-electron chi connectivity index (χ4n) is 1.95. The summed E-state index contributed by atoms with van der Waals surface area (Å²) in [6.45, 7) is 1.86. The monoisotopic (exact) mass is 310 g/mol. The number of carboxylic acid groups (broad SMARTS) is 2. The molecule has 1 heterocycles. The molecule has 0 aliphatic carbocycles. The van der Waals surface area contributed by atoms with Crippen LogP contribution >= 0.6 is 11.3 Å². The summed E-state index contributed by atoms with van der Waals surface area (Å²) >= 11 is 1.39. The van der Waals surface area contributed by atoms with Gasteiger partial charge in [-0.3, -0.25) is 4.79 Å². The smallest absolute Gasteiger partial charge is 0.172 e. The molecule has 0 spiro atoms. The number of aliphatic carboxylic acids is 2. The van der Waals surface area contributed by atoms with Crippen LogP contribution in [-0.4, -0.2) is 17.7 Å². The molecule has 1 atom stereocenters. The van der Waals surface area contributed by atoms with E-state index in [9.17, 15) is 24.6 Å². The number of rotatable bonds is 10. The van der Waals surface area contributed by atoms with Crippen molar-refractivity contribution < 1.29 is 24.6 Å². The third-order valence-electron chi connectivity index (χ3n) is 3.12. The number of aryl methyl sites for hydroxylation is 1. The number of carbonyl (C=O) groups excluding carboxylic acids is 3. The van der Waals surface area contributed by atoms with E-state index in [4.69, 9.17) is 0 Å². The van der Waals surface area contributed by atoms with Crippen LogP contribution in [0.5, 0.6) is 0 Å². The van der Waals surface area contributed by atoms with E-state index in [1.54, 1.807) is 6.07 Å². The first-order valence-electron chi connectivity index (χ1n) is 6.90. The molecule has 0 radical (unpaired) electrons. The molecule has 5 nitrogen and oxygen atoms in total. The van der Waals surface area contributed by atoms with Crippen molar-refractivity contribution in [3.8, 4) is 0 Å². The number of Topliss-reactive ketones (excluding diaryl/α,β-unsaturated/α-hetero) is 1. The Morgan fingerprint density at radius 2 is 1.86 bits per heavy atom. The van der Waals surface area contributed by atoms with E-state index in [0.717, 1.165) is 17.7 Å². The SMILES string of the molecule is C[C@@H](CCc1ccc(C(=O)CCCC(=O)[O-])s1)CC(=O)[O-]. The van der Waals surface area contributed by atoms with Crippen molar-refractivity contribution >= 4 is 29.1 Å². The molecule has 0 fully saturated rings. The Morgan fingerprint density at radius 3 is 2.48 bits per heavy atom. The van der Waals surface area contributed by atoms with Crippen LogP contribution in [0.25, 0.3) is 0 Å². The van der Waals surface area contributed by atoms with Gasteiger partial charge in [-0.15, -0.1) is 11.3 Å². The van der Waals surface area contributed by atoms with Gasteiger partial charge in [-0.05, 0) is 50.2 Å². The molecule has 0 amide bonds. The summed E-state index contributed by atoms with van der Waals surface area (Å²) in [6, 6.07) is 3.60. The lowest BCUT2D eigenvalue weighted by Crippen LogP contribution is -2.24. The zero-order chi connectivity index (χ0) is 15.8. The average Bonchev–Trinajstić information content (AvgIpc) is 2.83. The standard InChI is InChI=1S/C15H20O5S/c1-10(9-15(19)20)5-6-11-7-8-13(21-11)12(16)3-2-4-14(17)18/h7-8,10H,2-6,9H2,1H3,(H,17,18)(H,19,20)/p-2/t10-/m0/s1. The van der Waals surface area contributed by atoms with E-state index in [-0.39, 0.29) is 37.4 Å². The molecule has 0 saturated heterocycles. The van der Waals surface area contributed by atoms with Crippen molar-refractivity contribution in [2.45, 2.75) is 45.4 Å².